The Hall–Kier alpha value is -2.41. The molecule has 0 unspecified atom stereocenters. The molecule has 0 radical (unpaired) electrons. The number of ether oxygens (including phenoxy) is 1. The third-order valence-electron chi connectivity index (χ3n) is 6.35. The SMILES string of the molecule is CCOC(=O)[C@@H]1CCCN(C(=O)CCn2c3c(c4cc(F)ccc42)CN(C)CC3)C1. The summed E-state index contributed by atoms with van der Waals surface area (Å²) in [6.45, 7) is 5.62. The van der Waals surface area contributed by atoms with E-state index in [1.807, 2.05) is 6.07 Å². The Morgan fingerprint density at radius 3 is 2.90 bits per heavy atom. The number of fused-ring (bicyclic) bond motifs is 3. The second kappa shape index (κ2) is 8.76. The van der Waals surface area contributed by atoms with Gasteiger partial charge in [-0.3, -0.25) is 9.59 Å². The van der Waals surface area contributed by atoms with Crippen LogP contribution in [0.25, 0.3) is 10.9 Å². The lowest BCUT2D eigenvalue weighted by Gasteiger charge is -2.31. The van der Waals surface area contributed by atoms with Crippen molar-refractivity contribution in [1.82, 2.24) is 14.4 Å². The average Bonchev–Trinajstić information content (AvgIpc) is 3.04. The minimum atomic E-state index is -0.231. The maximum absolute atomic E-state index is 13.9. The minimum Gasteiger partial charge on any atom is -0.466 e. The molecule has 1 saturated heterocycles. The Balaban J connectivity index is 1.50. The molecule has 3 heterocycles. The molecular formula is C23H30FN3O3. The van der Waals surface area contributed by atoms with Crippen molar-refractivity contribution in [3.8, 4) is 0 Å². The number of piperidine rings is 1. The Kier molecular flexibility index (Phi) is 6.09. The normalized spacial score (nSPS) is 19.7. The molecule has 6 nitrogen and oxygen atoms in total. The summed E-state index contributed by atoms with van der Waals surface area (Å²) in [5.41, 5.74) is 3.38. The highest BCUT2D eigenvalue weighted by molar-refractivity contribution is 5.86. The van der Waals surface area contributed by atoms with E-state index in [0.29, 0.717) is 32.7 Å². The first kappa shape index (κ1) is 20.8. The molecule has 0 N–H and O–H groups in total. The van der Waals surface area contributed by atoms with Crippen LogP contribution < -0.4 is 0 Å². The predicted molar refractivity (Wildman–Crippen MR) is 112 cm³/mol. The fourth-order valence-electron chi connectivity index (χ4n) is 4.83. The summed E-state index contributed by atoms with van der Waals surface area (Å²) in [7, 11) is 2.07. The van der Waals surface area contributed by atoms with Crippen LogP contribution in [0.3, 0.4) is 0 Å². The summed E-state index contributed by atoms with van der Waals surface area (Å²) in [5.74, 6) is -0.590. The number of likely N-dealkylation sites (N-methyl/N-ethyl adjacent to an activating group) is 1. The van der Waals surface area contributed by atoms with Crippen molar-refractivity contribution in [3.63, 3.8) is 0 Å². The molecule has 1 fully saturated rings. The summed E-state index contributed by atoms with van der Waals surface area (Å²) in [6.07, 6.45) is 2.87. The zero-order chi connectivity index (χ0) is 21.3. The monoisotopic (exact) mass is 415 g/mol. The minimum absolute atomic E-state index is 0.0645. The smallest absolute Gasteiger partial charge is 0.310 e. The van der Waals surface area contributed by atoms with Gasteiger partial charge in [-0.25, -0.2) is 4.39 Å². The summed E-state index contributed by atoms with van der Waals surface area (Å²) in [6, 6.07) is 4.93. The van der Waals surface area contributed by atoms with E-state index < -0.39 is 0 Å². The molecule has 162 valence electrons. The first-order valence-electron chi connectivity index (χ1n) is 10.9. The lowest BCUT2D eigenvalue weighted by molar-refractivity contribution is -0.151. The largest absolute Gasteiger partial charge is 0.466 e. The van der Waals surface area contributed by atoms with Crippen LogP contribution in [0.1, 0.15) is 37.4 Å². The van der Waals surface area contributed by atoms with E-state index in [2.05, 4.69) is 16.5 Å². The van der Waals surface area contributed by atoms with Gasteiger partial charge in [0.2, 0.25) is 5.91 Å². The molecule has 1 amide bonds. The Bertz CT molecular complexity index is 955. The van der Waals surface area contributed by atoms with Gasteiger partial charge in [0.05, 0.1) is 12.5 Å². The molecule has 2 aliphatic rings. The number of aryl methyl sites for hydroxylation is 1. The van der Waals surface area contributed by atoms with Crippen molar-refractivity contribution in [3.05, 3.63) is 35.3 Å². The topological polar surface area (TPSA) is 54.8 Å². The zero-order valence-electron chi connectivity index (χ0n) is 17.8. The number of carbonyl (C=O) groups is 2. The van der Waals surface area contributed by atoms with Gasteiger partial charge in [-0.05, 0) is 50.6 Å². The van der Waals surface area contributed by atoms with Crippen molar-refractivity contribution < 1.29 is 18.7 Å². The number of nitrogens with zero attached hydrogens (tertiary/aromatic N) is 3. The average molecular weight is 416 g/mol. The molecule has 1 aromatic heterocycles. The van der Waals surface area contributed by atoms with E-state index in [0.717, 1.165) is 43.3 Å². The van der Waals surface area contributed by atoms with Gasteiger partial charge in [-0.15, -0.1) is 0 Å². The maximum Gasteiger partial charge on any atom is 0.310 e. The fourth-order valence-corrected chi connectivity index (χ4v) is 4.83. The summed E-state index contributed by atoms with van der Waals surface area (Å²) < 4.78 is 21.2. The Morgan fingerprint density at radius 1 is 1.27 bits per heavy atom. The fraction of sp³-hybridized carbons (Fsp3) is 0.565. The number of aromatic nitrogens is 1. The number of benzene rings is 1. The van der Waals surface area contributed by atoms with E-state index in [9.17, 15) is 14.0 Å². The molecule has 0 aliphatic carbocycles. The standard InChI is InChI=1S/C23H30FN3O3/c1-3-30-23(29)16-5-4-10-26(14-16)22(28)9-12-27-20-7-6-17(24)13-18(20)19-15-25(2)11-8-21(19)27/h6-7,13,16H,3-5,8-12,14-15H2,1-2H3/t16-/m1/s1. The van der Waals surface area contributed by atoms with Crippen LogP contribution in [0, 0.1) is 11.7 Å². The third kappa shape index (κ3) is 4.08. The van der Waals surface area contributed by atoms with Gasteiger partial charge in [0, 0.05) is 62.2 Å². The van der Waals surface area contributed by atoms with Crippen molar-refractivity contribution >= 4 is 22.8 Å². The van der Waals surface area contributed by atoms with Crippen molar-refractivity contribution in [1.29, 1.82) is 0 Å². The van der Waals surface area contributed by atoms with Gasteiger partial charge in [-0.2, -0.15) is 0 Å². The third-order valence-corrected chi connectivity index (χ3v) is 6.35. The molecule has 0 spiro atoms. The van der Waals surface area contributed by atoms with Gasteiger partial charge in [0.25, 0.3) is 0 Å². The van der Waals surface area contributed by atoms with Crippen LogP contribution in [0.15, 0.2) is 18.2 Å². The van der Waals surface area contributed by atoms with Crippen LogP contribution >= 0.6 is 0 Å². The van der Waals surface area contributed by atoms with E-state index in [4.69, 9.17) is 4.74 Å². The van der Waals surface area contributed by atoms with Crippen LogP contribution in [0.4, 0.5) is 4.39 Å². The molecule has 30 heavy (non-hydrogen) atoms. The summed E-state index contributed by atoms with van der Waals surface area (Å²) in [4.78, 5) is 29.0. The lowest BCUT2D eigenvalue weighted by atomic mass is 9.98. The highest BCUT2D eigenvalue weighted by Crippen LogP contribution is 2.31. The number of rotatable bonds is 5. The Morgan fingerprint density at radius 2 is 2.10 bits per heavy atom. The van der Waals surface area contributed by atoms with Gasteiger partial charge < -0.3 is 19.1 Å². The second-order valence-electron chi connectivity index (χ2n) is 8.41. The number of carbonyl (C=O) groups excluding carboxylic acids is 2. The van der Waals surface area contributed by atoms with Crippen molar-refractivity contribution in [2.45, 2.75) is 45.7 Å². The van der Waals surface area contributed by atoms with E-state index in [1.165, 1.54) is 17.3 Å². The molecule has 2 aliphatic heterocycles. The van der Waals surface area contributed by atoms with Crippen LogP contribution in [-0.2, 0) is 33.8 Å². The van der Waals surface area contributed by atoms with E-state index in [-0.39, 0.29) is 23.6 Å². The quantitative estimate of drug-likeness (QED) is 0.705. The molecule has 0 bridgehead atoms. The highest BCUT2D eigenvalue weighted by Gasteiger charge is 2.29. The molecule has 1 atom stereocenters. The lowest BCUT2D eigenvalue weighted by Crippen LogP contribution is -2.43. The van der Waals surface area contributed by atoms with Crippen molar-refractivity contribution in [2.24, 2.45) is 5.92 Å². The van der Waals surface area contributed by atoms with Gasteiger partial charge in [-0.1, -0.05) is 0 Å². The van der Waals surface area contributed by atoms with Crippen LogP contribution in [0.2, 0.25) is 0 Å². The zero-order valence-corrected chi connectivity index (χ0v) is 17.8. The van der Waals surface area contributed by atoms with Crippen LogP contribution in [-0.4, -0.2) is 59.5 Å². The molecule has 4 rings (SSSR count). The van der Waals surface area contributed by atoms with Crippen molar-refractivity contribution in [2.75, 3.05) is 33.3 Å². The second-order valence-corrected chi connectivity index (χ2v) is 8.41. The number of halogens is 1. The maximum atomic E-state index is 13.9. The molecule has 0 saturated carbocycles. The van der Waals surface area contributed by atoms with Gasteiger partial charge in [0.1, 0.15) is 5.82 Å². The number of amides is 1. The number of esters is 1. The number of likely N-dealkylation sites (tertiary alicyclic amines) is 1. The van der Waals surface area contributed by atoms with Crippen LogP contribution in [0.5, 0.6) is 0 Å². The first-order chi connectivity index (χ1) is 14.5. The highest BCUT2D eigenvalue weighted by atomic mass is 19.1. The molecule has 2 aromatic rings. The summed E-state index contributed by atoms with van der Waals surface area (Å²) in [5, 5.41) is 0.948. The summed E-state index contributed by atoms with van der Waals surface area (Å²) >= 11 is 0. The number of hydrogen-bond acceptors (Lipinski definition) is 4. The Labute approximate surface area is 176 Å². The number of hydrogen-bond donors (Lipinski definition) is 0. The van der Waals surface area contributed by atoms with Gasteiger partial charge >= 0.3 is 5.97 Å². The van der Waals surface area contributed by atoms with E-state index in [1.54, 1.807) is 17.9 Å². The van der Waals surface area contributed by atoms with E-state index >= 15 is 0 Å². The van der Waals surface area contributed by atoms with Gasteiger partial charge in [0.15, 0.2) is 0 Å². The predicted octanol–water partition coefficient (Wildman–Crippen LogP) is 2.96. The molecular weight excluding hydrogens is 385 g/mol. The molecule has 1 aromatic carbocycles. The molecule has 7 heteroatoms. The first-order valence-corrected chi connectivity index (χ1v) is 10.9.